The fraction of sp³-hybridized carbons (Fsp3) is 0.261. The Hall–Kier alpha value is -4.39. The average molecular weight is 497 g/mol. The SMILES string of the molecule is CN1CCC(O)(c2cc(-c3cccc(-c4ccnc(Nc5cc(OC(F)F)n(C)n5)n4)c3)no2)C1=O. The minimum Gasteiger partial charge on any atom is -0.417 e. The number of carbonyl (C=O) groups excluding carboxylic acids is 1. The Balaban J connectivity index is 1.38. The lowest BCUT2D eigenvalue weighted by atomic mass is 9.98. The van der Waals surface area contributed by atoms with E-state index in [0.29, 0.717) is 23.5 Å². The van der Waals surface area contributed by atoms with E-state index in [2.05, 4.69) is 30.3 Å². The summed E-state index contributed by atoms with van der Waals surface area (Å²) in [5.74, 6) is -0.00958. The van der Waals surface area contributed by atoms with E-state index in [-0.39, 0.29) is 29.8 Å². The molecule has 3 aromatic heterocycles. The molecule has 1 aliphatic heterocycles. The maximum Gasteiger partial charge on any atom is 0.388 e. The molecule has 1 amide bonds. The highest BCUT2D eigenvalue weighted by molar-refractivity contribution is 5.87. The number of anilines is 2. The van der Waals surface area contributed by atoms with Crippen LogP contribution in [-0.4, -0.2) is 61.0 Å². The predicted octanol–water partition coefficient (Wildman–Crippen LogP) is 2.93. The van der Waals surface area contributed by atoms with Gasteiger partial charge in [-0.15, -0.1) is 0 Å². The summed E-state index contributed by atoms with van der Waals surface area (Å²) in [5.41, 5.74) is 0.729. The summed E-state index contributed by atoms with van der Waals surface area (Å²) in [4.78, 5) is 22.4. The molecular formula is C23H21F2N7O4. The van der Waals surface area contributed by atoms with Crippen molar-refractivity contribution in [1.29, 1.82) is 0 Å². The van der Waals surface area contributed by atoms with E-state index in [0.717, 1.165) is 5.56 Å². The number of aliphatic hydroxyl groups is 1. The van der Waals surface area contributed by atoms with Gasteiger partial charge in [0.25, 0.3) is 5.91 Å². The molecule has 1 saturated heterocycles. The predicted molar refractivity (Wildman–Crippen MR) is 122 cm³/mol. The Kier molecular flexibility index (Phi) is 5.84. The lowest BCUT2D eigenvalue weighted by Crippen LogP contribution is -2.35. The molecular weight excluding hydrogens is 476 g/mol. The molecule has 1 fully saturated rings. The lowest BCUT2D eigenvalue weighted by Gasteiger charge is -2.16. The quantitative estimate of drug-likeness (QED) is 0.396. The molecule has 5 rings (SSSR count). The Morgan fingerprint density at radius 1 is 1.17 bits per heavy atom. The highest BCUT2D eigenvalue weighted by Gasteiger charge is 2.48. The normalized spacial score (nSPS) is 17.7. The standard InChI is InChI=1S/C23H21F2N7O4/c1-31-9-7-23(34,20(31)33)17-11-16(30-36-17)14-5-3-4-13(10-14)15-6-8-26-22(27-15)28-18-12-19(32(2)29-18)35-21(24)25/h3-6,8,10-12,21,34H,7,9H2,1-2H3,(H,26,27,28,29). The molecule has 2 N–H and O–H groups in total. The first-order valence-electron chi connectivity index (χ1n) is 10.9. The Labute approximate surface area is 203 Å². The number of hydrogen-bond acceptors (Lipinski definition) is 9. The number of amides is 1. The van der Waals surface area contributed by atoms with Crippen LogP contribution >= 0.6 is 0 Å². The molecule has 13 heteroatoms. The van der Waals surface area contributed by atoms with Crippen molar-refractivity contribution in [3.05, 3.63) is 54.4 Å². The Morgan fingerprint density at radius 3 is 2.67 bits per heavy atom. The van der Waals surface area contributed by atoms with Crippen LogP contribution in [0.1, 0.15) is 12.2 Å². The molecule has 0 bridgehead atoms. The van der Waals surface area contributed by atoms with Crippen LogP contribution in [0.25, 0.3) is 22.5 Å². The zero-order chi connectivity index (χ0) is 25.4. The number of likely N-dealkylation sites (N-methyl/N-ethyl adjacent to an activating group) is 1. The summed E-state index contributed by atoms with van der Waals surface area (Å²) in [6.07, 6.45) is 1.77. The second kappa shape index (κ2) is 9.00. The first-order valence-corrected chi connectivity index (χ1v) is 10.9. The second-order valence-electron chi connectivity index (χ2n) is 8.25. The van der Waals surface area contributed by atoms with Crippen LogP contribution in [0.3, 0.4) is 0 Å². The number of alkyl halides is 2. The number of aryl methyl sites for hydroxylation is 1. The summed E-state index contributed by atoms with van der Waals surface area (Å²) >= 11 is 0. The highest BCUT2D eigenvalue weighted by Crippen LogP contribution is 2.35. The second-order valence-corrected chi connectivity index (χ2v) is 8.25. The number of halogens is 2. The van der Waals surface area contributed by atoms with Crippen LogP contribution in [0.2, 0.25) is 0 Å². The van der Waals surface area contributed by atoms with Gasteiger partial charge in [-0.1, -0.05) is 23.4 Å². The topological polar surface area (TPSA) is 131 Å². The van der Waals surface area contributed by atoms with E-state index in [1.165, 1.54) is 22.7 Å². The fourth-order valence-electron chi connectivity index (χ4n) is 3.93. The van der Waals surface area contributed by atoms with E-state index in [1.807, 2.05) is 24.3 Å². The Morgan fingerprint density at radius 2 is 1.94 bits per heavy atom. The first kappa shape index (κ1) is 23.4. The van der Waals surface area contributed by atoms with Crippen molar-refractivity contribution in [3.8, 4) is 28.4 Å². The number of aromatic nitrogens is 5. The zero-order valence-electron chi connectivity index (χ0n) is 19.2. The van der Waals surface area contributed by atoms with E-state index in [1.54, 1.807) is 25.4 Å². The fourth-order valence-corrected chi connectivity index (χ4v) is 3.93. The minimum atomic E-state index is -2.97. The van der Waals surface area contributed by atoms with Crippen LogP contribution in [-0.2, 0) is 17.4 Å². The smallest absolute Gasteiger partial charge is 0.388 e. The van der Waals surface area contributed by atoms with Crippen LogP contribution in [0.4, 0.5) is 20.5 Å². The number of hydrogen-bond donors (Lipinski definition) is 2. The van der Waals surface area contributed by atoms with Crippen molar-refractivity contribution in [2.45, 2.75) is 18.6 Å². The number of nitrogens with one attached hydrogen (secondary N) is 1. The van der Waals surface area contributed by atoms with Gasteiger partial charge in [0.1, 0.15) is 5.69 Å². The van der Waals surface area contributed by atoms with Crippen molar-refractivity contribution >= 4 is 17.7 Å². The van der Waals surface area contributed by atoms with Gasteiger partial charge in [-0.25, -0.2) is 14.6 Å². The molecule has 1 unspecified atom stereocenters. The molecule has 186 valence electrons. The van der Waals surface area contributed by atoms with E-state index in [4.69, 9.17) is 4.52 Å². The van der Waals surface area contributed by atoms with E-state index in [9.17, 15) is 18.7 Å². The maximum atomic E-state index is 12.5. The van der Waals surface area contributed by atoms with Crippen molar-refractivity contribution in [1.82, 2.24) is 29.8 Å². The minimum absolute atomic E-state index is 0.0938. The summed E-state index contributed by atoms with van der Waals surface area (Å²) in [7, 11) is 3.09. The number of likely N-dealkylation sites (tertiary alicyclic amines) is 1. The summed E-state index contributed by atoms with van der Waals surface area (Å²) < 4.78 is 35.9. The van der Waals surface area contributed by atoms with Crippen molar-refractivity contribution in [2.24, 2.45) is 7.05 Å². The van der Waals surface area contributed by atoms with Crippen LogP contribution in [0, 0.1) is 0 Å². The third-order valence-electron chi connectivity index (χ3n) is 5.82. The van der Waals surface area contributed by atoms with Crippen LogP contribution in [0.15, 0.2) is 53.2 Å². The molecule has 4 heterocycles. The van der Waals surface area contributed by atoms with Crippen molar-refractivity contribution < 1.29 is 27.9 Å². The molecule has 0 aliphatic carbocycles. The van der Waals surface area contributed by atoms with Gasteiger partial charge in [-0.05, 0) is 12.1 Å². The Bertz CT molecular complexity index is 1420. The monoisotopic (exact) mass is 497 g/mol. The number of rotatable bonds is 7. The largest absolute Gasteiger partial charge is 0.417 e. The third-order valence-corrected chi connectivity index (χ3v) is 5.82. The number of nitrogens with zero attached hydrogens (tertiary/aromatic N) is 6. The van der Waals surface area contributed by atoms with Crippen LogP contribution < -0.4 is 10.1 Å². The third kappa shape index (κ3) is 4.35. The maximum absolute atomic E-state index is 12.5. The van der Waals surface area contributed by atoms with Crippen molar-refractivity contribution in [2.75, 3.05) is 18.9 Å². The van der Waals surface area contributed by atoms with Crippen LogP contribution in [0.5, 0.6) is 5.88 Å². The molecule has 0 radical (unpaired) electrons. The molecule has 0 spiro atoms. The molecule has 1 atom stereocenters. The lowest BCUT2D eigenvalue weighted by molar-refractivity contribution is -0.144. The van der Waals surface area contributed by atoms with Gasteiger partial charge < -0.3 is 24.6 Å². The summed E-state index contributed by atoms with van der Waals surface area (Å²) in [6.45, 7) is -2.55. The van der Waals surface area contributed by atoms with Gasteiger partial charge in [0.15, 0.2) is 11.6 Å². The van der Waals surface area contributed by atoms with E-state index < -0.39 is 18.1 Å². The summed E-state index contributed by atoms with van der Waals surface area (Å²) in [6, 6.07) is 11.9. The van der Waals surface area contributed by atoms with Gasteiger partial charge in [-0.3, -0.25) is 4.79 Å². The number of benzene rings is 1. The first-order chi connectivity index (χ1) is 17.2. The molecule has 11 nitrogen and oxygen atoms in total. The van der Waals surface area contributed by atoms with Gasteiger partial charge >= 0.3 is 6.61 Å². The zero-order valence-corrected chi connectivity index (χ0v) is 19.2. The van der Waals surface area contributed by atoms with Gasteiger partial charge in [-0.2, -0.15) is 13.9 Å². The molecule has 1 aliphatic rings. The molecule has 0 saturated carbocycles. The molecule has 4 aromatic rings. The van der Waals surface area contributed by atoms with Gasteiger partial charge in [0.2, 0.25) is 17.4 Å². The molecule has 1 aromatic carbocycles. The summed E-state index contributed by atoms with van der Waals surface area (Å²) in [5, 5.41) is 21.8. The van der Waals surface area contributed by atoms with Gasteiger partial charge in [0, 0.05) is 56.5 Å². The van der Waals surface area contributed by atoms with Crippen molar-refractivity contribution in [3.63, 3.8) is 0 Å². The number of carbonyl (C=O) groups is 1. The number of ether oxygens (including phenoxy) is 1. The highest BCUT2D eigenvalue weighted by atomic mass is 19.3. The molecule has 36 heavy (non-hydrogen) atoms. The van der Waals surface area contributed by atoms with Gasteiger partial charge in [0.05, 0.1) is 5.69 Å². The van der Waals surface area contributed by atoms with E-state index >= 15 is 0 Å². The average Bonchev–Trinajstić information content (AvgIpc) is 3.55.